The van der Waals surface area contributed by atoms with Crippen molar-refractivity contribution in [1.29, 1.82) is 0 Å². The molecule has 0 unspecified atom stereocenters. The molecule has 5 heteroatoms. The van der Waals surface area contributed by atoms with E-state index in [1.165, 1.54) is 49.5 Å². The van der Waals surface area contributed by atoms with Gasteiger partial charge in [0.2, 0.25) is 0 Å². The molecular weight excluding hydrogens is 496 g/mol. The number of aromatic nitrogens is 1. The third kappa shape index (κ3) is 5.51. The second kappa shape index (κ2) is 12.4. The zero-order valence-corrected chi connectivity index (χ0v) is 26.2. The molecule has 0 atom stereocenters. The Labute approximate surface area is 240 Å². The average molecular weight is 542 g/mol. The van der Waals surface area contributed by atoms with Crippen LogP contribution in [0.3, 0.4) is 0 Å². The molecule has 0 saturated heterocycles. The van der Waals surface area contributed by atoms with Gasteiger partial charge in [-0.25, -0.2) is 4.98 Å². The summed E-state index contributed by atoms with van der Waals surface area (Å²) in [5, 5.41) is 1.09. The van der Waals surface area contributed by atoms with E-state index in [2.05, 4.69) is 119 Å². The molecule has 4 rings (SSSR count). The summed E-state index contributed by atoms with van der Waals surface area (Å²) >= 11 is 1.81. The first-order valence-electron chi connectivity index (χ1n) is 14.6. The maximum absolute atomic E-state index is 5.32. The van der Waals surface area contributed by atoms with Crippen LogP contribution in [0.2, 0.25) is 0 Å². The Hall–Kier alpha value is -3.05. The van der Waals surface area contributed by atoms with Crippen molar-refractivity contribution in [3.63, 3.8) is 0 Å². The lowest BCUT2D eigenvalue weighted by atomic mass is 9.90. The van der Waals surface area contributed by atoms with Gasteiger partial charge in [0.25, 0.3) is 0 Å². The highest BCUT2D eigenvalue weighted by Crippen LogP contribution is 2.45. The number of rotatable bonds is 11. The molecule has 1 aromatic heterocycles. The molecule has 0 bridgehead atoms. The Morgan fingerprint density at radius 2 is 1.15 bits per heavy atom. The fourth-order valence-electron chi connectivity index (χ4n) is 5.71. The van der Waals surface area contributed by atoms with Crippen molar-refractivity contribution < 1.29 is 0 Å². The van der Waals surface area contributed by atoms with Crippen LogP contribution in [0.25, 0.3) is 32.5 Å². The molecule has 4 nitrogen and oxygen atoms in total. The van der Waals surface area contributed by atoms with Gasteiger partial charge < -0.3 is 14.7 Å². The summed E-state index contributed by atoms with van der Waals surface area (Å²) in [7, 11) is 0. The van der Waals surface area contributed by atoms with Gasteiger partial charge in [0.05, 0.1) is 10.2 Å². The van der Waals surface area contributed by atoms with Crippen LogP contribution >= 0.6 is 11.3 Å². The number of hydrogen-bond acceptors (Lipinski definition) is 5. The summed E-state index contributed by atoms with van der Waals surface area (Å²) < 4.78 is 1.23. The standard InChI is InChI=1S/C34H45N4S/c1-10-36(11-2)26-16-18-28(23(7)20-26)30-22-25(9)31(32-33(30)39-34(35-32)38(14-5)15-6)29-19-17-27(21-24(29)8)37(12-3)13-4/h16-21H,10-15H2,1-9H3. The highest BCUT2D eigenvalue weighted by molar-refractivity contribution is 7.22. The van der Waals surface area contributed by atoms with Crippen LogP contribution in [-0.2, 0) is 0 Å². The monoisotopic (exact) mass is 541 g/mol. The van der Waals surface area contributed by atoms with Crippen LogP contribution in [0, 0.1) is 26.8 Å². The predicted molar refractivity (Wildman–Crippen MR) is 174 cm³/mol. The molecule has 1 radical (unpaired) electrons. The summed E-state index contributed by atoms with van der Waals surface area (Å²) in [6.07, 6.45) is 0. The first-order chi connectivity index (χ1) is 18.8. The Morgan fingerprint density at radius 3 is 1.62 bits per heavy atom. The van der Waals surface area contributed by atoms with Gasteiger partial charge in [-0.05, 0) is 120 Å². The van der Waals surface area contributed by atoms with Gasteiger partial charge in [0.1, 0.15) is 0 Å². The van der Waals surface area contributed by atoms with E-state index in [1.54, 1.807) is 0 Å². The van der Waals surface area contributed by atoms with Crippen LogP contribution in [0.1, 0.15) is 58.2 Å². The van der Waals surface area contributed by atoms with Crippen LogP contribution in [-0.4, -0.2) is 44.3 Å². The van der Waals surface area contributed by atoms with Crippen LogP contribution < -0.4 is 14.7 Å². The van der Waals surface area contributed by atoms with Gasteiger partial charge in [0, 0.05) is 61.8 Å². The van der Waals surface area contributed by atoms with Crippen LogP contribution in [0.15, 0.2) is 36.4 Å². The average Bonchev–Trinajstić information content (AvgIpc) is 3.36. The summed E-state index contributed by atoms with van der Waals surface area (Å²) in [5.74, 6) is 0. The number of hydrogen-bond donors (Lipinski definition) is 0. The zero-order valence-electron chi connectivity index (χ0n) is 25.4. The molecule has 4 aromatic rings. The lowest BCUT2D eigenvalue weighted by Crippen LogP contribution is -2.21. The smallest absolute Gasteiger partial charge is 0.186 e. The van der Waals surface area contributed by atoms with Crippen LogP contribution in [0.5, 0.6) is 0 Å². The second-order valence-corrected chi connectivity index (χ2v) is 11.2. The molecule has 0 saturated carbocycles. The van der Waals surface area contributed by atoms with Crippen molar-refractivity contribution in [1.82, 2.24) is 4.98 Å². The molecule has 0 aliphatic carbocycles. The van der Waals surface area contributed by atoms with E-state index < -0.39 is 0 Å². The van der Waals surface area contributed by atoms with Gasteiger partial charge in [-0.1, -0.05) is 23.5 Å². The van der Waals surface area contributed by atoms with Crippen molar-refractivity contribution in [2.24, 2.45) is 0 Å². The van der Waals surface area contributed by atoms with E-state index in [0.29, 0.717) is 0 Å². The molecule has 0 N–H and O–H groups in total. The van der Waals surface area contributed by atoms with E-state index in [0.717, 1.165) is 55.5 Å². The van der Waals surface area contributed by atoms with Gasteiger partial charge >= 0.3 is 0 Å². The van der Waals surface area contributed by atoms with Crippen molar-refractivity contribution >= 4 is 38.1 Å². The number of aryl methyl sites for hydroxylation is 3. The normalized spacial score (nSPS) is 11.3. The summed E-state index contributed by atoms with van der Waals surface area (Å²) in [6.45, 7) is 25.9. The first kappa shape index (κ1) is 28.9. The molecule has 0 aliphatic rings. The topological polar surface area (TPSA) is 22.6 Å². The quantitative estimate of drug-likeness (QED) is 0.189. The van der Waals surface area contributed by atoms with Gasteiger partial charge in [-0.2, -0.15) is 0 Å². The minimum Gasteiger partial charge on any atom is -0.372 e. The molecular formula is C34H45N4S. The minimum absolute atomic E-state index is 0.943. The van der Waals surface area contributed by atoms with Crippen molar-refractivity contribution in [2.75, 3.05) is 54.0 Å². The second-order valence-electron chi connectivity index (χ2n) is 10.2. The Morgan fingerprint density at radius 1 is 0.667 bits per heavy atom. The fourth-order valence-corrected chi connectivity index (χ4v) is 6.92. The number of nitrogens with zero attached hydrogens (tertiary/aromatic N) is 4. The molecule has 1 heterocycles. The third-order valence-electron chi connectivity index (χ3n) is 8.02. The molecule has 207 valence electrons. The minimum atomic E-state index is 0.943. The summed E-state index contributed by atoms with van der Waals surface area (Å²) in [4.78, 5) is 12.5. The Kier molecular flexibility index (Phi) is 9.22. The van der Waals surface area contributed by atoms with Crippen LogP contribution in [0.4, 0.5) is 16.5 Å². The Balaban J connectivity index is 1.95. The molecule has 0 fully saturated rings. The van der Waals surface area contributed by atoms with E-state index in [4.69, 9.17) is 4.98 Å². The number of thiazole rings is 1. The van der Waals surface area contributed by atoms with E-state index in [9.17, 15) is 0 Å². The number of anilines is 3. The van der Waals surface area contributed by atoms with E-state index in [1.807, 2.05) is 11.3 Å². The number of fused-ring (bicyclic) bond motifs is 1. The highest BCUT2D eigenvalue weighted by atomic mass is 32.1. The maximum atomic E-state index is 5.32. The SMILES string of the molecule is CCN(CC)c1ccc(-c2c(C)[c]c(-c3ccc(N(CC)CC)cc3C)c3sc(N(CC)CC)nc23)c(C)c1. The number of benzene rings is 3. The zero-order chi connectivity index (χ0) is 28.3. The highest BCUT2D eigenvalue weighted by Gasteiger charge is 2.22. The molecule has 0 aliphatic heterocycles. The third-order valence-corrected chi connectivity index (χ3v) is 9.15. The Bertz CT molecular complexity index is 1430. The maximum Gasteiger partial charge on any atom is 0.186 e. The first-order valence-corrected chi connectivity index (χ1v) is 15.5. The van der Waals surface area contributed by atoms with Crippen molar-refractivity contribution in [2.45, 2.75) is 62.3 Å². The van der Waals surface area contributed by atoms with Crippen molar-refractivity contribution in [3.05, 3.63) is 59.2 Å². The van der Waals surface area contributed by atoms with Gasteiger partial charge in [-0.3, -0.25) is 0 Å². The van der Waals surface area contributed by atoms with Crippen molar-refractivity contribution in [3.8, 4) is 22.3 Å². The fraction of sp³-hybridized carbons (Fsp3) is 0.441. The van der Waals surface area contributed by atoms with E-state index >= 15 is 0 Å². The summed E-state index contributed by atoms with van der Waals surface area (Å²) in [5.41, 5.74) is 12.2. The van der Waals surface area contributed by atoms with E-state index in [-0.39, 0.29) is 0 Å². The lowest BCUT2D eigenvalue weighted by Gasteiger charge is -2.23. The predicted octanol–water partition coefficient (Wildman–Crippen LogP) is 8.89. The largest absolute Gasteiger partial charge is 0.372 e. The molecule has 0 amide bonds. The summed E-state index contributed by atoms with van der Waals surface area (Å²) in [6, 6.07) is 17.6. The molecule has 3 aromatic carbocycles. The van der Waals surface area contributed by atoms with Gasteiger partial charge in [0.15, 0.2) is 5.13 Å². The lowest BCUT2D eigenvalue weighted by molar-refractivity contribution is 0.862. The molecule has 39 heavy (non-hydrogen) atoms. The molecule has 0 spiro atoms. The van der Waals surface area contributed by atoms with Gasteiger partial charge in [-0.15, -0.1) is 0 Å².